The van der Waals surface area contributed by atoms with E-state index >= 15 is 0 Å². The number of hydrogen-bond donors (Lipinski definition) is 2. The number of carbonyl (C=O) groups excluding carboxylic acids is 1. The normalized spacial score (nSPS) is 12.1. The minimum Gasteiger partial charge on any atom is -1.00 e. The molecule has 1 unspecified atom stereocenters. The first-order chi connectivity index (χ1) is 14.3. The third-order valence-corrected chi connectivity index (χ3v) is 6.04. The van der Waals surface area contributed by atoms with Gasteiger partial charge in [0.25, 0.3) is 10.1 Å². The molecule has 0 aliphatic heterocycles. The van der Waals surface area contributed by atoms with E-state index in [-0.39, 0.29) is 36.7 Å². The van der Waals surface area contributed by atoms with Crippen molar-refractivity contribution in [2.24, 2.45) is 0 Å². The van der Waals surface area contributed by atoms with Gasteiger partial charge >= 0.3 is 41.5 Å². The van der Waals surface area contributed by atoms with Crippen molar-refractivity contribution in [3.63, 3.8) is 0 Å². The molecule has 0 spiro atoms. The predicted molar refractivity (Wildman–Crippen MR) is 116 cm³/mol. The summed E-state index contributed by atoms with van der Waals surface area (Å²) in [5.74, 6) is -2.62. The second kappa shape index (κ2) is 16.7. The fourth-order valence-corrected chi connectivity index (χ4v) is 3.90. The Labute approximate surface area is 209 Å². The van der Waals surface area contributed by atoms with Crippen molar-refractivity contribution in [2.75, 3.05) is 0 Å². The molecule has 0 aliphatic carbocycles. The van der Waals surface area contributed by atoms with Crippen LogP contribution >= 0.6 is 0 Å². The van der Waals surface area contributed by atoms with Gasteiger partial charge in [0, 0.05) is 0 Å². The van der Waals surface area contributed by atoms with Gasteiger partial charge in [-0.05, 0) is 24.5 Å². The maximum absolute atomic E-state index is 12.2. The summed E-state index contributed by atoms with van der Waals surface area (Å²) in [6.45, 7) is 2.21. The van der Waals surface area contributed by atoms with E-state index in [0.29, 0.717) is 6.42 Å². The van der Waals surface area contributed by atoms with Crippen LogP contribution in [-0.4, -0.2) is 35.3 Å². The van der Waals surface area contributed by atoms with Crippen LogP contribution in [0.15, 0.2) is 24.3 Å². The molecule has 7 nitrogen and oxygen atoms in total. The summed E-state index contributed by atoms with van der Waals surface area (Å²) < 4.78 is 37.0. The van der Waals surface area contributed by atoms with Crippen molar-refractivity contribution in [3.8, 4) is 5.75 Å². The summed E-state index contributed by atoms with van der Waals surface area (Å²) in [7, 11) is -4.89. The standard InChI is InChI=1S/C22H34O7S.Na.H/c1-2-3-4-5-6-7-8-9-10-11-14-18-15-12-13-16-19(18)29-22(25)20(17-21(23)24)30(26,27)28;;/h12-13,15-16,20H,2-11,14,17H2,1H3,(H,23,24)(H,26,27,28);;/q;+1;-1. The Balaban J connectivity index is 0. The van der Waals surface area contributed by atoms with Gasteiger partial charge < -0.3 is 11.3 Å². The van der Waals surface area contributed by atoms with Crippen molar-refractivity contribution in [1.29, 1.82) is 0 Å². The van der Waals surface area contributed by atoms with E-state index in [1.807, 2.05) is 0 Å². The van der Waals surface area contributed by atoms with Crippen LogP contribution in [-0.2, 0) is 26.1 Å². The molecule has 0 fully saturated rings. The van der Waals surface area contributed by atoms with Crippen LogP contribution in [0.1, 0.15) is 84.5 Å². The van der Waals surface area contributed by atoms with Crippen molar-refractivity contribution in [3.05, 3.63) is 29.8 Å². The molecule has 1 rings (SSSR count). The van der Waals surface area contributed by atoms with E-state index in [9.17, 15) is 18.0 Å². The fraction of sp³-hybridized carbons (Fsp3) is 0.636. The van der Waals surface area contributed by atoms with Crippen LogP contribution < -0.4 is 34.3 Å². The van der Waals surface area contributed by atoms with E-state index in [1.165, 1.54) is 51.0 Å². The SMILES string of the molecule is CCCCCCCCCCCCc1ccccc1OC(=O)C(CC(=O)O)S(=O)(=O)O.[H-].[Na+]. The van der Waals surface area contributed by atoms with E-state index < -0.39 is 33.7 Å². The molecule has 0 saturated heterocycles. The van der Waals surface area contributed by atoms with Gasteiger partial charge in [-0.3, -0.25) is 14.1 Å². The monoisotopic (exact) mass is 466 g/mol. The maximum atomic E-state index is 12.2. The first-order valence-electron chi connectivity index (χ1n) is 10.7. The van der Waals surface area contributed by atoms with Gasteiger partial charge in [-0.15, -0.1) is 0 Å². The number of rotatable bonds is 16. The zero-order valence-electron chi connectivity index (χ0n) is 19.7. The molecule has 0 aliphatic rings. The smallest absolute Gasteiger partial charge is 1.00 e. The number of benzene rings is 1. The summed E-state index contributed by atoms with van der Waals surface area (Å²) in [4.78, 5) is 23.0. The van der Waals surface area contributed by atoms with Crippen molar-refractivity contribution in [2.45, 2.75) is 89.2 Å². The molecule has 9 heteroatoms. The molecule has 0 aromatic heterocycles. The van der Waals surface area contributed by atoms with Gasteiger partial charge in [0.15, 0.2) is 5.25 Å². The second-order valence-corrected chi connectivity index (χ2v) is 9.16. The molecule has 1 aromatic carbocycles. The Hall–Kier alpha value is -0.930. The van der Waals surface area contributed by atoms with E-state index in [2.05, 4.69) is 6.92 Å². The largest absolute Gasteiger partial charge is 1.00 e. The van der Waals surface area contributed by atoms with Crippen molar-refractivity contribution in [1.82, 2.24) is 0 Å². The summed E-state index contributed by atoms with van der Waals surface area (Å²) in [5, 5.41) is 6.64. The molecule has 1 atom stereocenters. The molecule has 0 saturated carbocycles. The van der Waals surface area contributed by atoms with Gasteiger partial charge in [-0.1, -0.05) is 82.9 Å². The average molecular weight is 467 g/mol. The number of aryl methyl sites for hydroxylation is 1. The Bertz CT molecular complexity index is 771. The summed E-state index contributed by atoms with van der Waals surface area (Å²) in [6, 6.07) is 6.76. The second-order valence-electron chi connectivity index (χ2n) is 7.56. The number of aliphatic carboxylic acids is 1. The minimum absolute atomic E-state index is 0. The van der Waals surface area contributed by atoms with Crippen LogP contribution in [0.25, 0.3) is 0 Å². The van der Waals surface area contributed by atoms with E-state index in [1.54, 1.807) is 18.2 Å². The predicted octanol–water partition coefficient (Wildman–Crippen LogP) is 1.90. The number of esters is 1. The molecular formula is C22H35NaO7S. The van der Waals surface area contributed by atoms with Crippen LogP contribution in [0.4, 0.5) is 0 Å². The van der Waals surface area contributed by atoms with Gasteiger partial charge in [-0.25, -0.2) is 0 Å². The number of carboxylic acids is 1. The third kappa shape index (κ3) is 13.3. The number of carbonyl (C=O) groups is 2. The molecular weight excluding hydrogens is 431 g/mol. The van der Waals surface area contributed by atoms with E-state index in [0.717, 1.165) is 24.8 Å². The third-order valence-electron chi connectivity index (χ3n) is 4.97. The van der Waals surface area contributed by atoms with Crippen molar-refractivity contribution >= 4 is 22.1 Å². The van der Waals surface area contributed by atoms with Crippen LogP contribution in [0.2, 0.25) is 0 Å². The van der Waals surface area contributed by atoms with Crippen LogP contribution in [0.5, 0.6) is 5.75 Å². The molecule has 172 valence electrons. The quantitative estimate of drug-likeness (QED) is 0.126. The van der Waals surface area contributed by atoms with Crippen LogP contribution in [0.3, 0.4) is 0 Å². The summed E-state index contributed by atoms with van der Waals surface area (Å²) >= 11 is 0. The maximum Gasteiger partial charge on any atom is 1.00 e. The Morgan fingerprint density at radius 1 is 0.968 bits per heavy atom. The summed E-state index contributed by atoms with van der Waals surface area (Å²) in [6.07, 6.45) is 11.6. The first-order valence-corrected chi connectivity index (χ1v) is 12.2. The summed E-state index contributed by atoms with van der Waals surface area (Å²) in [5.41, 5.74) is 0.745. The number of hydrogen-bond acceptors (Lipinski definition) is 5. The molecule has 1 aromatic rings. The number of carboxylic acid groups (broad SMARTS) is 1. The molecule has 0 radical (unpaired) electrons. The van der Waals surface area contributed by atoms with Gasteiger partial charge in [0.05, 0.1) is 6.42 Å². The Kier molecular flexibility index (Phi) is 16.2. The fourth-order valence-electron chi connectivity index (χ4n) is 3.26. The van der Waals surface area contributed by atoms with Crippen LogP contribution in [0, 0.1) is 0 Å². The van der Waals surface area contributed by atoms with Gasteiger partial charge in [0.2, 0.25) is 0 Å². The molecule has 0 heterocycles. The first kappa shape index (κ1) is 30.1. The van der Waals surface area contributed by atoms with Gasteiger partial charge in [0.1, 0.15) is 5.75 Å². The number of unbranched alkanes of at least 4 members (excludes halogenated alkanes) is 9. The zero-order chi connectivity index (χ0) is 22.4. The minimum atomic E-state index is -4.89. The molecule has 0 bridgehead atoms. The molecule has 2 N–H and O–H groups in total. The van der Waals surface area contributed by atoms with Gasteiger partial charge in [-0.2, -0.15) is 8.42 Å². The molecule has 31 heavy (non-hydrogen) atoms. The topological polar surface area (TPSA) is 118 Å². The van der Waals surface area contributed by atoms with E-state index in [4.69, 9.17) is 14.4 Å². The zero-order valence-corrected chi connectivity index (χ0v) is 21.5. The average Bonchev–Trinajstić information content (AvgIpc) is 2.67. The Morgan fingerprint density at radius 2 is 1.48 bits per heavy atom. The van der Waals surface area contributed by atoms with Crippen molar-refractivity contribution < 1.29 is 63.4 Å². The number of para-hydroxylation sites is 1. The Morgan fingerprint density at radius 3 is 2.00 bits per heavy atom. The number of ether oxygens (including phenoxy) is 1. The molecule has 0 amide bonds.